The molecule has 146 valence electrons. The van der Waals surface area contributed by atoms with Gasteiger partial charge < -0.3 is 4.90 Å². The number of amides is 1. The number of piperazine rings is 1. The highest BCUT2D eigenvalue weighted by Gasteiger charge is 2.33. The minimum absolute atomic E-state index is 0.0283. The first-order valence-corrected chi connectivity index (χ1v) is 10.2. The molecular formula is C24H29N3O. The largest absolute Gasteiger partial charge is 0.339 e. The lowest BCUT2D eigenvalue weighted by Gasteiger charge is -2.40. The first-order valence-electron chi connectivity index (χ1n) is 10.2. The minimum atomic E-state index is -0.0283. The van der Waals surface area contributed by atoms with E-state index < -0.39 is 0 Å². The second kappa shape index (κ2) is 8.72. The molecule has 2 aromatic rings. The molecule has 0 spiro atoms. The van der Waals surface area contributed by atoms with Crippen LogP contribution in [0.2, 0.25) is 0 Å². The molecule has 28 heavy (non-hydrogen) atoms. The quantitative estimate of drug-likeness (QED) is 0.822. The van der Waals surface area contributed by atoms with Gasteiger partial charge in [0.25, 0.3) is 0 Å². The predicted molar refractivity (Wildman–Crippen MR) is 114 cm³/mol. The van der Waals surface area contributed by atoms with Crippen LogP contribution < -0.4 is 0 Å². The molecule has 2 heterocycles. The Morgan fingerprint density at radius 2 is 1.64 bits per heavy atom. The topological polar surface area (TPSA) is 26.8 Å². The smallest absolute Gasteiger partial charge is 0.240 e. The van der Waals surface area contributed by atoms with Crippen LogP contribution in [0.25, 0.3) is 6.08 Å². The number of likely N-dealkylation sites (N-methyl/N-ethyl adjacent to an activating group) is 1. The van der Waals surface area contributed by atoms with Crippen molar-refractivity contribution in [3.05, 3.63) is 77.4 Å². The Labute approximate surface area is 168 Å². The molecule has 0 bridgehead atoms. The second-order valence-corrected chi connectivity index (χ2v) is 7.84. The molecule has 1 amide bonds. The fraction of sp³-hybridized carbons (Fsp3) is 0.375. The lowest BCUT2D eigenvalue weighted by Crippen LogP contribution is -2.55. The fourth-order valence-electron chi connectivity index (χ4n) is 4.19. The molecular weight excluding hydrogens is 346 g/mol. The van der Waals surface area contributed by atoms with Gasteiger partial charge in [0.15, 0.2) is 0 Å². The second-order valence-electron chi connectivity index (χ2n) is 7.84. The van der Waals surface area contributed by atoms with Crippen molar-refractivity contribution < 1.29 is 4.79 Å². The van der Waals surface area contributed by atoms with Crippen molar-refractivity contribution >= 4 is 12.0 Å². The molecule has 1 unspecified atom stereocenters. The van der Waals surface area contributed by atoms with Gasteiger partial charge in [-0.25, -0.2) is 0 Å². The Kier molecular flexibility index (Phi) is 5.89. The molecule has 1 fully saturated rings. The first-order chi connectivity index (χ1) is 13.7. The Morgan fingerprint density at radius 1 is 0.964 bits per heavy atom. The Bertz CT molecular complexity index is 825. The predicted octanol–water partition coefficient (Wildman–Crippen LogP) is 2.90. The van der Waals surface area contributed by atoms with Gasteiger partial charge in [0.2, 0.25) is 5.91 Å². The first kappa shape index (κ1) is 18.9. The maximum Gasteiger partial charge on any atom is 0.240 e. The third-order valence-electron chi connectivity index (χ3n) is 5.93. The molecule has 0 radical (unpaired) electrons. The van der Waals surface area contributed by atoms with Crippen molar-refractivity contribution in [1.29, 1.82) is 0 Å². The summed E-state index contributed by atoms with van der Waals surface area (Å²) < 4.78 is 0. The number of carbonyl (C=O) groups excluding carboxylic acids is 1. The summed E-state index contributed by atoms with van der Waals surface area (Å²) in [5.41, 5.74) is 3.91. The van der Waals surface area contributed by atoms with Crippen molar-refractivity contribution in [3.63, 3.8) is 0 Å². The van der Waals surface area contributed by atoms with Gasteiger partial charge in [-0.1, -0.05) is 66.7 Å². The summed E-state index contributed by atoms with van der Waals surface area (Å²) in [7, 11) is 2.07. The molecule has 2 aliphatic heterocycles. The highest BCUT2D eigenvalue weighted by atomic mass is 16.2. The Morgan fingerprint density at radius 3 is 2.39 bits per heavy atom. The molecule has 0 saturated carbocycles. The summed E-state index contributed by atoms with van der Waals surface area (Å²) in [6.45, 7) is 5.33. The van der Waals surface area contributed by atoms with Crippen LogP contribution in [-0.4, -0.2) is 66.4 Å². The van der Waals surface area contributed by atoms with Gasteiger partial charge >= 0.3 is 0 Å². The van der Waals surface area contributed by atoms with Crippen LogP contribution in [0.1, 0.15) is 16.7 Å². The highest BCUT2D eigenvalue weighted by molar-refractivity contribution is 5.82. The van der Waals surface area contributed by atoms with E-state index in [9.17, 15) is 4.79 Å². The van der Waals surface area contributed by atoms with E-state index in [1.165, 1.54) is 16.7 Å². The molecule has 0 N–H and O–H groups in total. The molecule has 4 heteroatoms. The van der Waals surface area contributed by atoms with Crippen molar-refractivity contribution in [3.8, 4) is 0 Å². The van der Waals surface area contributed by atoms with E-state index in [-0.39, 0.29) is 11.9 Å². The maximum absolute atomic E-state index is 13.1. The molecule has 0 aromatic heterocycles. The van der Waals surface area contributed by atoms with Gasteiger partial charge in [-0.05, 0) is 30.2 Å². The summed E-state index contributed by atoms with van der Waals surface area (Å²) in [5, 5.41) is 0. The maximum atomic E-state index is 13.1. The zero-order valence-electron chi connectivity index (χ0n) is 16.6. The average Bonchev–Trinajstić information content (AvgIpc) is 2.74. The third kappa shape index (κ3) is 4.34. The van der Waals surface area contributed by atoms with E-state index in [0.29, 0.717) is 0 Å². The Hall–Kier alpha value is -2.43. The molecule has 1 saturated heterocycles. The van der Waals surface area contributed by atoms with Crippen molar-refractivity contribution in [2.75, 3.05) is 39.8 Å². The summed E-state index contributed by atoms with van der Waals surface area (Å²) in [6.07, 6.45) is 5.22. The number of hydrogen-bond acceptors (Lipinski definition) is 3. The van der Waals surface area contributed by atoms with Crippen LogP contribution in [0.3, 0.4) is 0 Å². The lowest BCUT2D eigenvalue weighted by atomic mass is 9.93. The fourth-order valence-corrected chi connectivity index (χ4v) is 4.19. The number of benzene rings is 2. The molecule has 1 atom stereocenters. The SMILES string of the molecule is CN1Cc2ccccc2CC1C(=O)N1CCN(CC=Cc2ccccc2)CC1. The molecule has 4 rings (SSSR count). The highest BCUT2D eigenvalue weighted by Crippen LogP contribution is 2.23. The molecule has 2 aliphatic rings. The number of carbonyl (C=O) groups is 1. The van der Waals surface area contributed by atoms with E-state index in [2.05, 4.69) is 82.4 Å². The molecule has 4 nitrogen and oxygen atoms in total. The van der Waals surface area contributed by atoms with Crippen LogP contribution >= 0.6 is 0 Å². The van der Waals surface area contributed by atoms with Crippen molar-refractivity contribution in [2.24, 2.45) is 0 Å². The number of hydrogen-bond donors (Lipinski definition) is 0. The van der Waals surface area contributed by atoms with Gasteiger partial charge in [0.1, 0.15) is 0 Å². The van der Waals surface area contributed by atoms with Gasteiger partial charge in [-0.3, -0.25) is 14.6 Å². The normalized spacial score (nSPS) is 21.0. The number of rotatable bonds is 4. The Balaban J connectivity index is 1.29. The van der Waals surface area contributed by atoms with E-state index in [4.69, 9.17) is 0 Å². The zero-order valence-corrected chi connectivity index (χ0v) is 16.6. The van der Waals surface area contributed by atoms with Crippen molar-refractivity contribution in [1.82, 2.24) is 14.7 Å². The van der Waals surface area contributed by atoms with Gasteiger partial charge in [-0.15, -0.1) is 0 Å². The average molecular weight is 376 g/mol. The van der Waals surface area contributed by atoms with Gasteiger partial charge in [-0.2, -0.15) is 0 Å². The standard InChI is InChI=1S/C24H29N3O/c1-25-19-22-12-6-5-11-21(22)18-23(25)24(28)27-16-14-26(15-17-27)13-7-10-20-8-3-2-4-9-20/h2-12,23H,13-19H2,1H3. The van der Waals surface area contributed by atoms with Crippen LogP contribution in [0, 0.1) is 0 Å². The van der Waals surface area contributed by atoms with Crippen molar-refractivity contribution in [2.45, 2.75) is 19.0 Å². The van der Waals surface area contributed by atoms with E-state index in [1.54, 1.807) is 0 Å². The lowest BCUT2D eigenvalue weighted by molar-refractivity contribution is -0.138. The van der Waals surface area contributed by atoms with E-state index in [0.717, 1.165) is 45.7 Å². The number of fused-ring (bicyclic) bond motifs is 1. The third-order valence-corrected chi connectivity index (χ3v) is 5.93. The van der Waals surface area contributed by atoms with E-state index >= 15 is 0 Å². The zero-order chi connectivity index (χ0) is 19.3. The summed E-state index contributed by atoms with van der Waals surface area (Å²) in [4.78, 5) is 19.8. The van der Waals surface area contributed by atoms with Crippen LogP contribution in [-0.2, 0) is 17.8 Å². The molecule has 2 aromatic carbocycles. The minimum Gasteiger partial charge on any atom is -0.339 e. The van der Waals surface area contributed by atoms with Crippen LogP contribution in [0.5, 0.6) is 0 Å². The number of nitrogens with zero attached hydrogens (tertiary/aromatic N) is 3. The summed E-state index contributed by atoms with van der Waals surface area (Å²) >= 11 is 0. The summed E-state index contributed by atoms with van der Waals surface area (Å²) in [5.74, 6) is 0.288. The van der Waals surface area contributed by atoms with Crippen LogP contribution in [0.15, 0.2) is 60.7 Å². The summed E-state index contributed by atoms with van der Waals surface area (Å²) in [6, 6.07) is 18.9. The van der Waals surface area contributed by atoms with Crippen LogP contribution in [0.4, 0.5) is 0 Å². The van der Waals surface area contributed by atoms with Gasteiger partial charge in [0.05, 0.1) is 6.04 Å². The van der Waals surface area contributed by atoms with E-state index in [1.807, 2.05) is 6.07 Å². The molecule has 0 aliphatic carbocycles. The monoisotopic (exact) mass is 375 g/mol. The van der Waals surface area contributed by atoms with Gasteiger partial charge in [0, 0.05) is 39.3 Å².